The fourth-order valence-electron chi connectivity index (χ4n) is 3.97. The zero-order valence-corrected chi connectivity index (χ0v) is 15.5. The summed E-state index contributed by atoms with van der Waals surface area (Å²) in [5.74, 6) is 1.55. The molecule has 1 atom stereocenters. The van der Waals surface area contributed by atoms with Crippen LogP contribution in [0.3, 0.4) is 0 Å². The lowest BCUT2D eigenvalue weighted by atomic mass is 9.96. The fraction of sp³-hybridized carbons (Fsp3) is 0.833. The number of carbonyl (C=O) groups excluding carboxylic acids is 1. The van der Waals surface area contributed by atoms with E-state index in [1.54, 1.807) is 7.11 Å². The molecule has 1 saturated carbocycles. The number of urea groups is 1. The molecule has 1 unspecified atom stereocenters. The summed E-state index contributed by atoms with van der Waals surface area (Å²) in [4.78, 5) is 19.3. The topological polar surface area (TPSA) is 72.3 Å². The number of rotatable bonds is 4. The van der Waals surface area contributed by atoms with E-state index in [4.69, 9.17) is 4.74 Å². The van der Waals surface area contributed by atoms with Crippen LogP contribution in [0.1, 0.15) is 75.5 Å². The molecular weight excluding hydrogens is 318 g/mol. The van der Waals surface area contributed by atoms with Crippen LogP contribution in [-0.2, 0) is 17.9 Å². The molecule has 2 heterocycles. The summed E-state index contributed by atoms with van der Waals surface area (Å²) in [6.07, 6.45) is 10.5. The van der Waals surface area contributed by atoms with Gasteiger partial charge >= 0.3 is 6.03 Å². The van der Waals surface area contributed by atoms with Gasteiger partial charge in [-0.3, -0.25) is 0 Å². The number of ether oxygens (including phenoxy) is 1. The largest absolute Gasteiger partial charge is 0.377 e. The minimum atomic E-state index is -0.0599. The lowest BCUT2D eigenvalue weighted by Gasteiger charge is -2.32. The first-order valence-electron chi connectivity index (χ1n) is 9.65. The van der Waals surface area contributed by atoms with Gasteiger partial charge in [-0.1, -0.05) is 32.1 Å². The molecule has 2 amide bonds. The third kappa shape index (κ3) is 4.51. The third-order valence-electron chi connectivity index (χ3n) is 5.43. The van der Waals surface area contributed by atoms with Gasteiger partial charge in [0.05, 0.1) is 6.04 Å². The van der Waals surface area contributed by atoms with Crippen molar-refractivity contribution in [3.63, 3.8) is 0 Å². The number of carbonyl (C=O) groups is 1. The van der Waals surface area contributed by atoms with Crippen LogP contribution in [0.15, 0.2) is 0 Å². The van der Waals surface area contributed by atoms with Crippen LogP contribution in [0.25, 0.3) is 0 Å². The third-order valence-corrected chi connectivity index (χ3v) is 5.43. The van der Waals surface area contributed by atoms with Gasteiger partial charge in [0.25, 0.3) is 0 Å². The minimum absolute atomic E-state index is 0.0142. The van der Waals surface area contributed by atoms with Crippen LogP contribution in [0.4, 0.5) is 4.79 Å². The molecule has 0 radical (unpaired) electrons. The average molecular weight is 349 g/mol. The normalized spacial score (nSPS) is 21.9. The second-order valence-corrected chi connectivity index (χ2v) is 7.30. The van der Waals surface area contributed by atoms with Crippen molar-refractivity contribution >= 4 is 6.03 Å². The van der Waals surface area contributed by atoms with Gasteiger partial charge in [-0.05, 0) is 25.7 Å². The Morgan fingerprint density at radius 3 is 2.64 bits per heavy atom. The Morgan fingerprint density at radius 1 is 1.20 bits per heavy atom. The molecule has 1 fully saturated rings. The van der Waals surface area contributed by atoms with Crippen LogP contribution in [-0.4, -0.2) is 45.9 Å². The molecule has 1 aromatic heterocycles. The zero-order valence-electron chi connectivity index (χ0n) is 15.5. The maximum Gasteiger partial charge on any atom is 0.317 e. The van der Waals surface area contributed by atoms with E-state index < -0.39 is 0 Å². The second-order valence-electron chi connectivity index (χ2n) is 7.30. The number of aromatic nitrogens is 3. The molecule has 0 bridgehead atoms. The van der Waals surface area contributed by atoms with Gasteiger partial charge in [0, 0.05) is 26.7 Å². The van der Waals surface area contributed by atoms with Gasteiger partial charge in [0.15, 0.2) is 5.82 Å². The fourth-order valence-corrected chi connectivity index (χ4v) is 3.97. The Hall–Kier alpha value is -1.63. The predicted molar refractivity (Wildman–Crippen MR) is 95.1 cm³/mol. The van der Waals surface area contributed by atoms with Gasteiger partial charge in [-0.2, -0.15) is 5.10 Å². The van der Waals surface area contributed by atoms with Crippen molar-refractivity contribution in [3.05, 3.63) is 11.6 Å². The van der Waals surface area contributed by atoms with Crippen LogP contribution in [0, 0.1) is 0 Å². The Labute approximate surface area is 150 Å². The van der Waals surface area contributed by atoms with Gasteiger partial charge in [0.2, 0.25) is 0 Å². The summed E-state index contributed by atoms with van der Waals surface area (Å²) in [6.45, 7) is 1.26. The summed E-state index contributed by atoms with van der Waals surface area (Å²) >= 11 is 0. The van der Waals surface area contributed by atoms with Crippen molar-refractivity contribution in [2.75, 3.05) is 14.2 Å². The van der Waals surface area contributed by atoms with E-state index in [1.165, 1.54) is 32.1 Å². The maximum absolute atomic E-state index is 12.8. The van der Waals surface area contributed by atoms with Crippen LogP contribution >= 0.6 is 0 Å². The molecular formula is C18H31N5O2. The minimum Gasteiger partial charge on any atom is -0.377 e. The second kappa shape index (κ2) is 8.65. The summed E-state index contributed by atoms with van der Waals surface area (Å²) in [5, 5.41) is 7.66. The number of nitrogens with zero attached hydrogens (tertiary/aromatic N) is 4. The van der Waals surface area contributed by atoms with Crippen LogP contribution in [0.5, 0.6) is 0 Å². The van der Waals surface area contributed by atoms with Gasteiger partial charge in [-0.25, -0.2) is 14.5 Å². The molecule has 7 heteroatoms. The van der Waals surface area contributed by atoms with Crippen molar-refractivity contribution in [2.24, 2.45) is 0 Å². The highest BCUT2D eigenvalue weighted by atomic mass is 16.5. The standard InChI is InChI=1S/C18H31N5O2/c1-22(14-9-6-4-3-5-7-10-14)18(24)19-15-11-8-12-23-17(15)20-16(21-23)13-25-2/h14-15H,3-13H2,1-2H3,(H,19,24). The van der Waals surface area contributed by atoms with Crippen molar-refractivity contribution in [1.29, 1.82) is 0 Å². The molecule has 0 spiro atoms. The van der Waals surface area contributed by atoms with Gasteiger partial charge in [0.1, 0.15) is 12.4 Å². The number of hydrogen-bond donors (Lipinski definition) is 1. The molecule has 1 aliphatic heterocycles. The number of methoxy groups -OCH3 is 1. The van der Waals surface area contributed by atoms with Crippen LogP contribution < -0.4 is 5.32 Å². The van der Waals surface area contributed by atoms with E-state index in [0.717, 1.165) is 38.1 Å². The lowest BCUT2D eigenvalue weighted by Crippen LogP contribution is -2.46. The van der Waals surface area contributed by atoms with E-state index in [0.29, 0.717) is 18.5 Å². The SMILES string of the molecule is COCc1nc2n(n1)CCCC2NC(=O)N(C)C1CCCCCCC1. The van der Waals surface area contributed by atoms with E-state index in [-0.39, 0.29) is 12.1 Å². The first-order valence-corrected chi connectivity index (χ1v) is 9.65. The first kappa shape index (κ1) is 18.2. The van der Waals surface area contributed by atoms with E-state index in [9.17, 15) is 4.79 Å². The van der Waals surface area contributed by atoms with Gasteiger partial charge in [-0.15, -0.1) is 0 Å². The molecule has 1 aliphatic carbocycles. The van der Waals surface area contributed by atoms with Crippen molar-refractivity contribution < 1.29 is 9.53 Å². The molecule has 1 N–H and O–H groups in total. The molecule has 25 heavy (non-hydrogen) atoms. The molecule has 140 valence electrons. The van der Waals surface area contributed by atoms with E-state index in [2.05, 4.69) is 15.4 Å². The number of fused-ring (bicyclic) bond motifs is 1. The number of nitrogens with one attached hydrogen (secondary N) is 1. The summed E-state index contributed by atoms with van der Waals surface area (Å²) < 4.78 is 7.04. The molecule has 0 saturated heterocycles. The zero-order chi connectivity index (χ0) is 17.6. The number of amides is 2. The number of hydrogen-bond acceptors (Lipinski definition) is 4. The Kier molecular flexibility index (Phi) is 6.29. The Bertz CT molecular complexity index is 566. The summed E-state index contributed by atoms with van der Waals surface area (Å²) in [5.41, 5.74) is 0. The lowest BCUT2D eigenvalue weighted by molar-refractivity contribution is 0.171. The Balaban J connectivity index is 1.62. The number of aryl methyl sites for hydroxylation is 1. The molecule has 0 aromatic carbocycles. The molecule has 2 aliphatic rings. The quantitative estimate of drug-likeness (QED) is 0.907. The monoisotopic (exact) mass is 349 g/mol. The average Bonchev–Trinajstić information content (AvgIpc) is 2.98. The van der Waals surface area contributed by atoms with E-state index in [1.807, 2.05) is 16.6 Å². The van der Waals surface area contributed by atoms with Crippen molar-refractivity contribution in [2.45, 2.75) is 83.0 Å². The smallest absolute Gasteiger partial charge is 0.317 e. The van der Waals surface area contributed by atoms with Crippen LogP contribution in [0.2, 0.25) is 0 Å². The molecule has 7 nitrogen and oxygen atoms in total. The molecule has 3 rings (SSSR count). The van der Waals surface area contributed by atoms with Gasteiger partial charge < -0.3 is 15.0 Å². The van der Waals surface area contributed by atoms with Crippen molar-refractivity contribution in [1.82, 2.24) is 25.0 Å². The summed E-state index contributed by atoms with van der Waals surface area (Å²) in [6, 6.07) is 0.307. The highest BCUT2D eigenvalue weighted by Crippen LogP contribution is 2.25. The Morgan fingerprint density at radius 2 is 1.92 bits per heavy atom. The summed E-state index contributed by atoms with van der Waals surface area (Å²) in [7, 11) is 3.58. The highest BCUT2D eigenvalue weighted by molar-refractivity contribution is 5.74. The predicted octanol–water partition coefficient (Wildman–Crippen LogP) is 3.01. The van der Waals surface area contributed by atoms with Crippen molar-refractivity contribution in [3.8, 4) is 0 Å². The molecule has 1 aromatic rings. The first-order chi connectivity index (χ1) is 12.2. The van der Waals surface area contributed by atoms with E-state index >= 15 is 0 Å². The highest BCUT2D eigenvalue weighted by Gasteiger charge is 2.28. The maximum atomic E-state index is 12.8.